The van der Waals surface area contributed by atoms with E-state index in [9.17, 15) is 0 Å². The number of nitrogens with two attached hydrogens (primary N) is 1. The summed E-state index contributed by atoms with van der Waals surface area (Å²) in [6, 6.07) is 10.7. The van der Waals surface area contributed by atoms with Gasteiger partial charge in [-0.15, -0.1) is 0 Å². The van der Waals surface area contributed by atoms with Gasteiger partial charge in [0.05, 0.1) is 0 Å². The summed E-state index contributed by atoms with van der Waals surface area (Å²) < 4.78 is 5.46. The van der Waals surface area contributed by atoms with E-state index >= 15 is 0 Å². The Balaban J connectivity index is 1.81. The molecule has 1 aromatic carbocycles. The molecular formula is C16H26N2O. The lowest BCUT2D eigenvalue weighted by Gasteiger charge is -2.39. The van der Waals surface area contributed by atoms with Crippen LogP contribution < -0.4 is 5.73 Å². The zero-order valence-corrected chi connectivity index (χ0v) is 12.0. The predicted molar refractivity (Wildman–Crippen MR) is 79.2 cm³/mol. The highest BCUT2D eigenvalue weighted by atomic mass is 16.5. The molecule has 0 amide bonds. The largest absolute Gasteiger partial charge is 0.381 e. The van der Waals surface area contributed by atoms with Crippen molar-refractivity contribution in [3.05, 3.63) is 35.9 Å². The Morgan fingerprint density at radius 2 is 1.89 bits per heavy atom. The molecule has 106 valence electrons. The summed E-state index contributed by atoms with van der Waals surface area (Å²) in [6.07, 6.45) is 3.30. The van der Waals surface area contributed by atoms with E-state index in [-0.39, 0.29) is 5.41 Å². The van der Waals surface area contributed by atoms with Crippen LogP contribution in [0.2, 0.25) is 0 Å². The quantitative estimate of drug-likeness (QED) is 0.851. The van der Waals surface area contributed by atoms with E-state index in [1.807, 2.05) is 0 Å². The molecular weight excluding hydrogens is 236 g/mol. The van der Waals surface area contributed by atoms with Gasteiger partial charge in [0.1, 0.15) is 0 Å². The molecule has 2 rings (SSSR count). The first kappa shape index (κ1) is 14.5. The molecule has 0 spiro atoms. The zero-order chi connectivity index (χ0) is 13.6. The minimum Gasteiger partial charge on any atom is -0.381 e. The Bertz CT molecular complexity index is 360. The van der Waals surface area contributed by atoms with E-state index in [4.69, 9.17) is 10.5 Å². The van der Waals surface area contributed by atoms with Gasteiger partial charge in [-0.25, -0.2) is 0 Å². The maximum atomic E-state index is 6.01. The zero-order valence-electron chi connectivity index (χ0n) is 12.0. The average Bonchev–Trinajstić information content (AvgIpc) is 2.47. The van der Waals surface area contributed by atoms with Crippen molar-refractivity contribution in [2.24, 2.45) is 11.1 Å². The van der Waals surface area contributed by atoms with Crippen LogP contribution in [0.4, 0.5) is 0 Å². The monoisotopic (exact) mass is 262 g/mol. The van der Waals surface area contributed by atoms with E-state index in [0.717, 1.165) is 52.1 Å². The first-order valence-corrected chi connectivity index (χ1v) is 7.24. The first-order chi connectivity index (χ1) is 9.24. The highest BCUT2D eigenvalue weighted by molar-refractivity contribution is 5.14. The van der Waals surface area contributed by atoms with E-state index < -0.39 is 0 Å². The Morgan fingerprint density at radius 1 is 1.21 bits per heavy atom. The minimum atomic E-state index is 0.268. The number of hydrogen-bond donors (Lipinski definition) is 1. The van der Waals surface area contributed by atoms with Gasteiger partial charge in [-0.05, 0) is 43.8 Å². The fourth-order valence-corrected chi connectivity index (χ4v) is 2.85. The van der Waals surface area contributed by atoms with Crippen molar-refractivity contribution in [1.82, 2.24) is 4.90 Å². The average molecular weight is 262 g/mol. The van der Waals surface area contributed by atoms with Gasteiger partial charge in [-0.1, -0.05) is 30.3 Å². The van der Waals surface area contributed by atoms with Crippen LogP contribution in [0.5, 0.6) is 0 Å². The lowest BCUT2D eigenvalue weighted by Crippen LogP contribution is -2.45. The SMILES string of the molecule is CN(CCc1ccccc1)CC1(CN)CCOCC1. The molecule has 1 fully saturated rings. The van der Waals surface area contributed by atoms with Crippen molar-refractivity contribution >= 4 is 0 Å². The molecule has 0 atom stereocenters. The molecule has 1 aliphatic rings. The molecule has 3 heteroatoms. The third-order valence-electron chi connectivity index (χ3n) is 4.22. The summed E-state index contributed by atoms with van der Waals surface area (Å²) in [5, 5.41) is 0. The van der Waals surface area contributed by atoms with Crippen molar-refractivity contribution in [1.29, 1.82) is 0 Å². The minimum absolute atomic E-state index is 0.268. The second-order valence-electron chi connectivity index (χ2n) is 5.79. The summed E-state index contributed by atoms with van der Waals surface area (Å²) in [6.45, 7) is 4.67. The Kier molecular flexibility index (Phi) is 5.37. The summed E-state index contributed by atoms with van der Waals surface area (Å²) in [4.78, 5) is 2.42. The number of rotatable bonds is 6. The van der Waals surface area contributed by atoms with Crippen LogP contribution in [-0.2, 0) is 11.2 Å². The summed E-state index contributed by atoms with van der Waals surface area (Å²) in [5.74, 6) is 0. The van der Waals surface area contributed by atoms with Crippen molar-refractivity contribution in [2.45, 2.75) is 19.3 Å². The van der Waals surface area contributed by atoms with E-state index in [2.05, 4.69) is 42.3 Å². The summed E-state index contributed by atoms with van der Waals surface area (Å²) in [5.41, 5.74) is 7.68. The van der Waals surface area contributed by atoms with E-state index in [1.54, 1.807) is 0 Å². The van der Waals surface area contributed by atoms with Gasteiger partial charge in [0.25, 0.3) is 0 Å². The fourth-order valence-electron chi connectivity index (χ4n) is 2.85. The molecule has 2 N–H and O–H groups in total. The highest BCUT2D eigenvalue weighted by Crippen LogP contribution is 2.30. The molecule has 19 heavy (non-hydrogen) atoms. The molecule has 1 heterocycles. The maximum Gasteiger partial charge on any atom is 0.0472 e. The molecule has 1 aliphatic heterocycles. The van der Waals surface area contributed by atoms with Crippen molar-refractivity contribution in [2.75, 3.05) is 39.9 Å². The fraction of sp³-hybridized carbons (Fsp3) is 0.625. The van der Waals surface area contributed by atoms with Crippen molar-refractivity contribution in [3.63, 3.8) is 0 Å². The van der Waals surface area contributed by atoms with E-state index in [0.29, 0.717) is 0 Å². The maximum absolute atomic E-state index is 6.01. The summed E-state index contributed by atoms with van der Waals surface area (Å²) in [7, 11) is 2.20. The number of nitrogens with zero attached hydrogens (tertiary/aromatic N) is 1. The Hall–Kier alpha value is -0.900. The van der Waals surface area contributed by atoms with Crippen molar-refractivity contribution in [3.8, 4) is 0 Å². The molecule has 3 nitrogen and oxygen atoms in total. The number of ether oxygens (including phenoxy) is 1. The smallest absolute Gasteiger partial charge is 0.0472 e. The molecule has 0 radical (unpaired) electrons. The van der Waals surface area contributed by atoms with Gasteiger partial charge in [0.15, 0.2) is 0 Å². The third kappa shape index (κ3) is 4.30. The van der Waals surface area contributed by atoms with Crippen LogP contribution in [0.15, 0.2) is 30.3 Å². The van der Waals surface area contributed by atoms with Crippen LogP contribution in [0.3, 0.4) is 0 Å². The first-order valence-electron chi connectivity index (χ1n) is 7.24. The Morgan fingerprint density at radius 3 is 2.53 bits per heavy atom. The normalized spacial score (nSPS) is 18.7. The van der Waals surface area contributed by atoms with Gasteiger partial charge in [0.2, 0.25) is 0 Å². The number of benzene rings is 1. The molecule has 0 saturated carbocycles. The van der Waals surface area contributed by atoms with Crippen LogP contribution in [-0.4, -0.2) is 44.8 Å². The van der Waals surface area contributed by atoms with Gasteiger partial charge < -0.3 is 15.4 Å². The van der Waals surface area contributed by atoms with Crippen LogP contribution >= 0.6 is 0 Å². The predicted octanol–water partition coefficient (Wildman–Crippen LogP) is 1.92. The van der Waals surface area contributed by atoms with Crippen LogP contribution in [0.1, 0.15) is 18.4 Å². The topological polar surface area (TPSA) is 38.5 Å². The standard InChI is InChI=1S/C16H26N2O/c1-18(10-7-15-5-3-2-4-6-15)14-16(13-17)8-11-19-12-9-16/h2-6H,7-14,17H2,1H3. The van der Waals surface area contributed by atoms with Crippen molar-refractivity contribution < 1.29 is 4.74 Å². The third-order valence-corrected chi connectivity index (χ3v) is 4.22. The number of hydrogen-bond acceptors (Lipinski definition) is 3. The lowest BCUT2D eigenvalue weighted by atomic mass is 9.80. The van der Waals surface area contributed by atoms with Gasteiger partial charge in [0, 0.05) is 26.3 Å². The molecule has 0 aromatic heterocycles. The summed E-state index contributed by atoms with van der Waals surface area (Å²) >= 11 is 0. The second-order valence-corrected chi connectivity index (χ2v) is 5.79. The molecule has 0 unspecified atom stereocenters. The second kappa shape index (κ2) is 7.04. The molecule has 0 aliphatic carbocycles. The highest BCUT2D eigenvalue weighted by Gasteiger charge is 2.32. The number of likely N-dealkylation sites (N-methyl/N-ethyl adjacent to an activating group) is 1. The molecule has 1 saturated heterocycles. The molecule has 1 aromatic rings. The Labute approximate surface area is 116 Å². The van der Waals surface area contributed by atoms with Gasteiger partial charge >= 0.3 is 0 Å². The van der Waals surface area contributed by atoms with Crippen LogP contribution in [0, 0.1) is 5.41 Å². The van der Waals surface area contributed by atoms with Gasteiger partial charge in [-0.3, -0.25) is 0 Å². The van der Waals surface area contributed by atoms with Crippen LogP contribution in [0.25, 0.3) is 0 Å². The lowest BCUT2D eigenvalue weighted by molar-refractivity contribution is 0.00388. The van der Waals surface area contributed by atoms with Gasteiger partial charge in [-0.2, -0.15) is 0 Å². The molecule has 0 bridgehead atoms. The van der Waals surface area contributed by atoms with E-state index in [1.165, 1.54) is 5.56 Å².